The third kappa shape index (κ3) is 3.58. The molecular weight excluding hydrogens is 238 g/mol. The molecule has 2 rings (SSSR count). The second-order valence-electron chi connectivity index (χ2n) is 6.78. The van der Waals surface area contributed by atoms with E-state index in [1.807, 2.05) is 11.3 Å². The lowest BCUT2D eigenvalue weighted by Crippen LogP contribution is -2.45. The minimum absolute atomic E-state index is 0.219. The van der Waals surface area contributed by atoms with E-state index in [-0.39, 0.29) is 5.54 Å². The molecule has 0 spiro atoms. The summed E-state index contributed by atoms with van der Waals surface area (Å²) in [6.45, 7) is 7.94. The van der Waals surface area contributed by atoms with Gasteiger partial charge in [0.1, 0.15) is 0 Å². The predicted octanol–water partition coefficient (Wildman–Crippen LogP) is 4.73. The molecule has 0 saturated heterocycles. The third-order valence-corrected chi connectivity index (χ3v) is 5.18. The molecular formula is C16H27NS. The Morgan fingerprint density at radius 1 is 1.17 bits per heavy atom. The van der Waals surface area contributed by atoms with Crippen LogP contribution in [0.1, 0.15) is 64.2 Å². The van der Waals surface area contributed by atoms with E-state index in [0.717, 1.165) is 6.54 Å². The van der Waals surface area contributed by atoms with Crippen LogP contribution >= 0.6 is 11.3 Å². The van der Waals surface area contributed by atoms with E-state index in [1.54, 1.807) is 4.88 Å². The first-order valence-electron chi connectivity index (χ1n) is 7.31. The van der Waals surface area contributed by atoms with Gasteiger partial charge in [0, 0.05) is 22.4 Å². The Kier molecular flexibility index (Phi) is 4.50. The quantitative estimate of drug-likeness (QED) is 0.779. The standard InChI is InChI=1S/C16H27NS/c1-15(2,3)17-13-16(14-9-8-12-18-14)10-6-4-5-7-11-16/h8-9,12,17H,4-7,10-11,13H2,1-3H3. The maximum atomic E-state index is 3.76. The van der Waals surface area contributed by atoms with Crippen molar-refractivity contribution in [2.45, 2.75) is 70.3 Å². The minimum Gasteiger partial charge on any atom is -0.311 e. The van der Waals surface area contributed by atoms with E-state index in [1.165, 1.54) is 38.5 Å². The number of nitrogens with one attached hydrogen (secondary N) is 1. The van der Waals surface area contributed by atoms with Gasteiger partial charge in [-0.2, -0.15) is 0 Å². The van der Waals surface area contributed by atoms with E-state index in [2.05, 4.69) is 43.6 Å². The van der Waals surface area contributed by atoms with E-state index in [9.17, 15) is 0 Å². The van der Waals surface area contributed by atoms with Crippen LogP contribution in [0, 0.1) is 0 Å². The molecule has 1 aromatic heterocycles. The first-order chi connectivity index (χ1) is 8.52. The first-order valence-corrected chi connectivity index (χ1v) is 8.19. The summed E-state index contributed by atoms with van der Waals surface area (Å²) < 4.78 is 0. The highest BCUT2D eigenvalue weighted by Gasteiger charge is 2.34. The van der Waals surface area contributed by atoms with Crippen molar-refractivity contribution in [1.29, 1.82) is 0 Å². The van der Waals surface area contributed by atoms with Crippen molar-refractivity contribution in [3.05, 3.63) is 22.4 Å². The Bertz CT molecular complexity index is 340. The maximum absolute atomic E-state index is 3.76. The van der Waals surface area contributed by atoms with Crippen LogP contribution in [0.5, 0.6) is 0 Å². The van der Waals surface area contributed by atoms with Gasteiger partial charge in [0.05, 0.1) is 0 Å². The van der Waals surface area contributed by atoms with Gasteiger partial charge in [-0.05, 0) is 45.1 Å². The average Bonchev–Trinajstić information content (AvgIpc) is 2.73. The zero-order valence-electron chi connectivity index (χ0n) is 12.1. The molecule has 2 heteroatoms. The van der Waals surface area contributed by atoms with Crippen molar-refractivity contribution >= 4 is 11.3 Å². The minimum atomic E-state index is 0.219. The lowest BCUT2D eigenvalue weighted by atomic mass is 9.78. The van der Waals surface area contributed by atoms with Gasteiger partial charge < -0.3 is 5.32 Å². The molecule has 102 valence electrons. The smallest absolute Gasteiger partial charge is 0.0172 e. The number of rotatable bonds is 3. The molecule has 0 aromatic carbocycles. The topological polar surface area (TPSA) is 12.0 Å². The van der Waals surface area contributed by atoms with Gasteiger partial charge in [0.2, 0.25) is 0 Å². The highest BCUT2D eigenvalue weighted by atomic mass is 32.1. The lowest BCUT2D eigenvalue weighted by Gasteiger charge is -2.35. The van der Waals surface area contributed by atoms with E-state index < -0.39 is 0 Å². The molecule has 1 saturated carbocycles. The van der Waals surface area contributed by atoms with Gasteiger partial charge in [-0.1, -0.05) is 31.7 Å². The number of hydrogen-bond acceptors (Lipinski definition) is 2. The van der Waals surface area contributed by atoms with Crippen LogP contribution in [0.25, 0.3) is 0 Å². The van der Waals surface area contributed by atoms with Crippen molar-refractivity contribution < 1.29 is 0 Å². The molecule has 1 heterocycles. The molecule has 1 aromatic rings. The van der Waals surface area contributed by atoms with Gasteiger partial charge in [-0.3, -0.25) is 0 Å². The Labute approximate surface area is 116 Å². The summed E-state index contributed by atoms with van der Waals surface area (Å²) in [6, 6.07) is 4.56. The molecule has 0 amide bonds. The van der Waals surface area contributed by atoms with Crippen LogP contribution in [-0.4, -0.2) is 12.1 Å². The van der Waals surface area contributed by atoms with Gasteiger partial charge in [0.15, 0.2) is 0 Å². The zero-order valence-corrected chi connectivity index (χ0v) is 12.9. The van der Waals surface area contributed by atoms with Crippen LogP contribution in [-0.2, 0) is 5.41 Å². The Morgan fingerprint density at radius 3 is 2.33 bits per heavy atom. The van der Waals surface area contributed by atoms with E-state index in [4.69, 9.17) is 0 Å². The summed E-state index contributed by atoms with van der Waals surface area (Å²) in [4.78, 5) is 1.60. The molecule has 0 atom stereocenters. The number of hydrogen-bond donors (Lipinski definition) is 1. The lowest BCUT2D eigenvalue weighted by molar-refractivity contribution is 0.304. The monoisotopic (exact) mass is 265 g/mol. The molecule has 1 aliphatic rings. The fourth-order valence-electron chi connectivity index (χ4n) is 2.93. The van der Waals surface area contributed by atoms with Gasteiger partial charge >= 0.3 is 0 Å². The Balaban J connectivity index is 2.16. The van der Waals surface area contributed by atoms with Crippen molar-refractivity contribution in [3.63, 3.8) is 0 Å². The van der Waals surface area contributed by atoms with Crippen LogP contribution in [0.4, 0.5) is 0 Å². The second kappa shape index (κ2) is 5.75. The van der Waals surface area contributed by atoms with Crippen LogP contribution in [0.15, 0.2) is 17.5 Å². The van der Waals surface area contributed by atoms with Crippen LogP contribution < -0.4 is 5.32 Å². The predicted molar refractivity (Wildman–Crippen MR) is 81.5 cm³/mol. The van der Waals surface area contributed by atoms with Gasteiger partial charge in [-0.15, -0.1) is 11.3 Å². The average molecular weight is 265 g/mol. The van der Waals surface area contributed by atoms with Gasteiger partial charge in [0.25, 0.3) is 0 Å². The Hall–Kier alpha value is -0.340. The normalized spacial score (nSPS) is 20.6. The van der Waals surface area contributed by atoms with Crippen molar-refractivity contribution in [2.75, 3.05) is 6.54 Å². The molecule has 0 radical (unpaired) electrons. The first kappa shape index (κ1) is 14.1. The SMILES string of the molecule is CC(C)(C)NCC1(c2cccs2)CCCCCC1. The summed E-state index contributed by atoms with van der Waals surface area (Å²) in [7, 11) is 0. The van der Waals surface area contributed by atoms with Crippen LogP contribution in [0.2, 0.25) is 0 Å². The number of thiophene rings is 1. The van der Waals surface area contributed by atoms with E-state index in [0.29, 0.717) is 5.41 Å². The highest BCUT2D eigenvalue weighted by Crippen LogP contribution is 2.40. The molecule has 18 heavy (non-hydrogen) atoms. The summed E-state index contributed by atoms with van der Waals surface area (Å²) in [5.74, 6) is 0. The largest absolute Gasteiger partial charge is 0.311 e. The summed E-state index contributed by atoms with van der Waals surface area (Å²) >= 11 is 1.95. The Morgan fingerprint density at radius 2 is 1.83 bits per heavy atom. The maximum Gasteiger partial charge on any atom is 0.0172 e. The van der Waals surface area contributed by atoms with Crippen molar-refractivity contribution in [1.82, 2.24) is 5.32 Å². The molecule has 1 nitrogen and oxygen atoms in total. The molecule has 1 aliphatic carbocycles. The van der Waals surface area contributed by atoms with Gasteiger partial charge in [-0.25, -0.2) is 0 Å². The molecule has 1 N–H and O–H groups in total. The van der Waals surface area contributed by atoms with Crippen LogP contribution in [0.3, 0.4) is 0 Å². The fourth-order valence-corrected chi connectivity index (χ4v) is 3.92. The second-order valence-corrected chi connectivity index (χ2v) is 7.72. The zero-order chi connectivity index (χ0) is 13.1. The molecule has 0 aliphatic heterocycles. The summed E-state index contributed by atoms with van der Waals surface area (Å²) in [6.07, 6.45) is 8.34. The van der Waals surface area contributed by atoms with E-state index >= 15 is 0 Å². The van der Waals surface area contributed by atoms with Crippen molar-refractivity contribution in [3.8, 4) is 0 Å². The molecule has 0 unspecified atom stereocenters. The fraction of sp³-hybridized carbons (Fsp3) is 0.750. The highest BCUT2D eigenvalue weighted by molar-refractivity contribution is 7.10. The summed E-state index contributed by atoms with van der Waals surface area (Å²) in [5.41, 5.74) is 0.620. The third-order valence-electron chi connectivity index (χ3n) is 4.06. The molecule has 1 fully saturated rings. The van der Waals surface area contributed by atoms with Crippen molar-refractivity contribution in [2.24, 2.45) is 0 Å². The molecule has 0 bridgehead atoms. The summed E-state index contributed by atoms with van der Waals surface area (Å²) in [5, 5.41) is 5.99.